The molecule has 1 aromatic heterocycles. The number of carbonyl (C=O) groups excluding carboxylic acids is 1. The summed E-state index contributed by atoms with van der Waals surface area (Å²) in [6.07, 6.45) is 0.172. The molecule has 3 rings (SSSR count). The van der Waals surface area contributed by atoms with Gasteiger partial charge < -0.3 is 19.5 Å². The van der Waals surface area contributed by atoms with Crippen LogP contribution in [0.5, 0.6) is 17.2 Å². The zero-order valence-electron chi connectivity index (χ0n) is 17.4. The number of ether oxygens (including phenoxy) is 3. The highest BCUT2D eigenvalue weighted by Crippen LogP contribution is 2.29. The molecule has 0 aliphatic carbocycles. The molecule has 0 fully saturated rings. The smallest absolute Gasteiger partial charge is 0.230 e. The van der Waals surface area contributed by atoms with Gasteiger partial charge in [-0.3, -0.25) is 4.79 Å². The number of hydrogen-bond acceptors (Lipinski definition) is 6. The molecule has 0 radical (unpaired) electrons. The van der Waals surface area contributed by atoms with E-state index in [4.69, 9.17) is 14.2 Å². The molecule has 6 nitrogen and oxygen atoms in total. The minimum atomic E-state index is -0.166. The lowest BCUT2D eigenvalue weighted by atomic mass is 10.2. The van der Waals surface area contributed by atoms with Crippen LogP contribution in [-0.2, 0) is 17.8 Å². The van der Waals surface area contributed by atoms with Crippen LogP contribution in [0.1, 0.15) is 30.1 Å². The van der Waals surface area contributed by atoms with Crippen LogP contribution in [0.3, 0.4) is 0 Å². The van der Waals surface area contributed by atoms with E-state index in [9.17, 15) is 4.79 Å². The van der Waals surface area contributed by atoms with Crippen LogP contribution in [0.4, 0.5) is 5.69 Å². The molecule has 1 N–H and O–H groups in total. The minimum Gasteiger partial charge on any atom is -0.494 e. The number of anilines is 1. The van der Waals surface area contributed by atoms with Crippen molar-refractivity contribution in [3.8, 4) is 17.2 Å². The van der Waals surface area contributed by atoms with E-state index in [0.29, 0.717) is 42.7 Å². The number of aryl methyl sites for hydroxylation is 1. The lowest BCUT2D eigenvalue weighted by molar-refractivity contribution is -0.115. The van der Waals surface area contributed by atoms with Crippen molar-refractivity contribution in [3.63, 3.8) is 0 Å². The van der Waals surface area contributed by atoms with Crippen molar-refractivity contribution in [2.24, 2.45) is 0 Å². The summed E-state index contributed by atoms with van der Waals surface area (Å²) in [4.78, 5) is 17.1. The van der Waals surface area contributed by atoms with E-state index in [1.54, 1.807) is 12.1 Å². The number of hydrogen-bond donors (Lipinski definition) is 1. The van der Waals surface area contributed by atoms with Crippen molar-refractivity contribution >= 4 is 22.9 Å². The fraction of sp³-hybridized carbons (Fsp3) is 0.304. The van der Waals surface area contributed by atoms with E-state index in [2.05, 4.69) is 10.3 Å². The van der Waals surface area contributed by atoms with E-state index in [1.165, 1.54) is 16.9 Å². The van der Waals surface area contributed by atoms with E-state index < -0.39 is 0 Å². The molecule has 2 aromatic carbocycles. The van der Waals surface area contributed by atoms with E-state index >= 15 is 0 Å². The largest absolute Gasteiger partial charge is 0.494 e. The van der Waals surface area contributed by atoms with Gasteiger partial charge in [-0.25, -0.2) is 4.98 Å². The highest BCUT2D eigenvalue weighted by Gasteiger charge is 2.12. The minimum absolute atomic E-state index is 0.166. The fourth-order valence-electron chi connectivity index (χ4n) is 2.78. The monoisotopic (exact) mass is 426 g/mol. The Morgan fingerprint density at radius 2 is 1.73 bits per heavy atom. The van der Waals surface area contributed by atoms with Gasteiger partial charge in [-0.05, 0) is 45.0 Å². The highest BCUT2D eigenvalue weighted by molar-refractivity contribution is 7.09. The average molecular weight is 427 g/mol. The van der Waals surface area contributed by atoms with Gasteiger partial charge in [-0.2, -0.15) is 0 Å². The summed E-state index contributed by atoms with van der Waals surface area (Å²) in [6.45, 7) is 7.28. The van der Waals surface area contributed by atoms with Gasteiger partial charge in [0.1, 0.15) is 28.9 Å². The van der Waals surface area contributed by atoms with Gasteiger partial charge in [-0.15, -0.1) is 11.3 Å². The van der Waals surface area contributed by atoms with Crippen molar-refractivity contribution < 1.29 is 19.0 Å². The topological polar surface area (TPSA) is 69.7 Å². The standard InChI is InChI=1S/C23H26N2O4S/c1-4-27-19-10-11-21(28-5-2)20(13-19)25-22(26)12-17-15-30-23(24-17)14-29-18-8-6-16(3)7-9-18/h6-11,13,15H,4-5,12,14H2,1-3H3,(H,25,26). The summed E-state index contributed by atoms with van der Waals surface area (Å²) in [7, 11) is 0. The molecule has 0 bridgehead atoms. The zero-order chi connectivity index (χ0) is 21.3. The molecule has 1 heterocycles. The molecular formula is C23H26N2O4S. The first-order valence-corrected chi connectivity index (χ1v) is 10.8. The van der Waals surface area contributed by atoms with Crippen LogP contribution in [0.15, 0.2) is 47.8 Å². The summed E-state index contributed by atoms with van der Waals surface area (Å²) in [5.74, 6) is 1.92. The fourth-order valence-corrected chi connectivity index (χ4v) is 3.48. The lowest BCUT2D eigenvalue weighted by Crippen LogP contribution is -2.15. The SMILES string of the molecule is CCOc1ccc(OCC)c(NC(=O)Cc2csc(COc3ccc(C)cc3)n2)c1. The maximum absolute atomic E-state index is 12.6. The number of aromatic nitrogens is 1. The molecule has 0 saturated carbocycles. The Morgan fingerprint density at radius 1 is 1.00 bits per heavy atom. The van der Waals surface area contributed by atoms with E-state index in [0.717, 1.165) is 10.8 Å². The molecule has 0 aliphatic heterocycles. The Balaban J connectivity index is 1.58. The number of nitrogens with one attached hydrogen (secondary N) is 1. The number of amides is 1. The molecule has 7 heteroatoms. The first-order chi connectivity index (χ1) is 14.6. The Labute approximate surface area is 180 Å². The van der Waals surface area contributed by atoms with Crippen molar-refractivity contribution in [2.45, 2.75) is 33.8 Å². The zero-order valence-corrected chi connectivity index (χ0v) is 18.3. The highest BCUT2D eigenvalue weighted by atomic mass is 32.1. The van der Waals surface area contributed by atoms with Gasteiger partial charge in [0.2, 0.25) is 5.91 Å². The predicted octanol–water partition coefficient (Wildman–Crippen LogP) is 5.01. The third-order valence-corrected chi connectivity index (χ3v) is 5.03. The molecule has 0 aliphatic rings. The predicted molar refractivity (Wildman–Crippen MR) is 119 cm³/mol. The van der Waals surface area contributed by atoms with Crippen molar-refractivity contribution in [3.05, 3.63) is 64.1 Å². The molecule has 3 aromatic rings. The Bertz CT molecular complexity index is 970. The first kappa shape index (κ1) is 21.6. The van der Waals surface area contributed by atoms with Gasteiger partial charge in [0.05, 0.1) is 31.0 Å². The van der Waals surface area contributed by atoms with Gasteiger partial charge in [0, 0.05) is 11.4 Å². The molecule has 158 valence electrons. The average Bonchev–Trinajstić information content (AvgIpc) is 3.17. The number of nitrogens with zero attached hydrogens (tertiary/aromatic N) is 1. The summed E-state index contributed by atoms with van der Waals surface area (Å²) in [5.41, 5.74) is 2.48. The third-order valence-electron chi connectivity index (χ3n) is 4.16. The van der Waals surface area contributed by atoms with Crippen molar-refractivity contribution in [1.82, 2.24) is 4.98 Å². The van der Waals surface area contributed by atoms with Crippen LogP contribution in [0.2, 0.25) is 0 Å². The van der Waals surface area contributed by atoms with Crippen LogP contribution >= 0.6 is 11.3 Å². The molecule has 0 unspecified atom stereocenters. The van der Waals surface area contributed by atoms with Gasteiger partial charge in [0.15, 0.2) is 0 Å². The number of rotatable bonds is 10. The van der Waals surface area contributed by atoms with Crippen LogP contribution in [0, 0.1) is 6.92 Å². The molecule has 1 amide bonds. The molecule has 0 atom stereocenters. The van der Waals surface area contributed by atoms with E-state index in [-0.39, 0.29) is 12.3 Å². The second kappa shape index (κ2) is 10.6. The van der Waals surface area contributed by atoms with Gasteiger partial charge >= 0.3 is 0 Å². The van der Waals surface area contributed by atoms with E-state index in [1.807, 2.05) is 56.5 Å². The Hall–Kier alpha value is -3.06. The number of carbonyl (C=O) groups is 1. The van der Waals surface area contributed by atoms with Crippen molar-refractivity contribution in [1.29, 1.82) is 0 Å². The second-order valence-corrected chi connectivity index (χ2v) is 7.53. The maximum Gasteiger partial charge on any atom is 0.230 e. The van der Waals surface area contributed by atoms with Crippen molar-refractivity contribution in [2.75, 3.05) is 18.5 Å². The first-order valence-electron chi connectivity index (χ1n) is 9.89. The van der Waals surface area contributed by atoms with Crippen LogP contribution in [-0.4, -0.2) is 24.1 Å². The van der Waals surface area contributed by atoms with Gasteiger partial charge in [0.25, 0.3) is 0 Å². The Morgan fingerprint density at radius 3 is 2.47 bits per heavy atom. The number of benzene rings is 2. The summed E-state index contributed by atoms with van der Waals surface area (Å²) >= 11 is 1.48. The second-order valence-electron chi connectivity index (χ2n) is 6.58. The normalized spacial score (nSPS) is 10.5. The van der Waals surface area contributed by atoms with Gasteiger partial charge in [-0.1, -0.05) is 17.7 Å². The summed E-state index contributed by atoms with van der Waals surface area (Å²) < 4.78 is 16.9. The quantitative estimate of drug-likeness (QED) is 0.494. The van der Waals surface area contributed by atoms with Crippen LogP contribution in [0.25, 0.3) is 0 Å². The summed E-state index contributed by atoms with van der Waals surface area (Å²) in [5, 5.41) is 5.61. The molecule has 0 saturated heterocycles. The maximum atomic E-state index is 12.6. The lowest BCUT2D eigenvalue weighted by Gasteiger charge is -2.13. The number of thiazole rings is 1. The third kappa shape index (κ3) is 6.22. The Kier molecular flexibility index (Phi) is 7.68. The van der Waals surface area contributed by atoms with Crippen LogP contribution < -0.4 is 19.5 Å². The molecule has 0 spiro atoms. The molecular weight excluding hydrogens is 400 g/mol. The molecule has 30 heavy (non-hydrogen) atoms. The summed E-state index contributed by atoms with van der Waals surface area (Å²) in [6, 6.07) is 13.3.